The first-order valence-electron chi connectivity index (χ1n) is 14.0. The summed E-state index contributed by atoms with van der Waals surface area (Å²) < 4.78 is 16.9. The van der Waals surface area contributed by atoms with Gasteiger partial charge in [0.15, 0.2) is 0 Å². The van der Waals surface area contributed by atoms with Crippen LogP contribution >= 0.6 is 0 Å². The Morgan fingerprint density at radius 3 is 0.861 bits per heavy atom. The number of β-amino-alcohol motifs (C(OH)–C–C–N with tert-alkyl or cyclic N) is 3. The zero-order valence-corrected chi connectivity index (χ0v) is 24.0. The van der Waals surface area contributed by atoms with Crippen LogP contribution in [0.4, 0.5) is 0 Å². The number of nitrogens with zero attached hydrogens (tertiary/aromatic N) is 3. The van der Waals surface area contributed by atoms with E-state index in [1.54, 1.807) is 0 Å². The summed E-state index contributed by atoms with van der Waals surface area (Å²) in [5.41, 5.74) is 0. The highest BCUT2D eigenvalue weighted by atomic mass is 16.5. The lowest BCUT2D eigenvalue weighted by atomic mass is 10.2. The van der Waals surface area contributed by atoms with Crippen LogP contribution in [0.25, 0.3) is 0 Å². The van der Waals surface area contributed by atoms with Crippen molar-refractivity contribution >= 4 is 0 Å². The van der Waals surface area contributed by atoms with Crippen molar-refractivity contribution in [3.8, 4) is 0 Å². The highest BCUT2D eigenvalue weighted by Gasteiger charge is 2.22. The predicted octanol–water partition coefficient (Wildman–Crippen LogP) is 1.01. The molecule has 1 heterocycles. The van der Waals surface area contributed by atoms with Crippen LogP contribution < -0.4 is 0 Å². The minimum absolute atomic E-state index is 0.333. The molecule has 0 aromatic heterocycles. The third-order valence-corrected chi connectivity index (χ3v) is 5.89. The molecule has 1 aliphatic rings. The van der Waals surface area contributed by atoms with E-state index >= 15 is 0 Å². The van der Waals surface area contributed by atoms with Gasteiger partial charge >= 0.3 is 0 Å². The summed E-state index contributed by atoms with van der Waals surface area (Å²) in [5.74, 6) is 1.32. The van der Waals surface area contributed by atoms with Gasteiger partial charge in [0.2, 0.25) is 0 Å². The minimum Gasteiger partial charge on any atom is -0.389 e. The van der Waals surface area contributed by atoms with E-state index in [1.807, 2.05) is 0 Å². The Bertz CT molecular complexity index is 442. The molecule has 1 fully saturated rings. The minimum atomic E-state index is -0.545. The van der Waals surface area contributed by atoms with E-state index in [0.717, 1.165) is 39.3 Å². The van der Waals surface area contributed by atoms with Crippen LogP contribution in [-0.2, 0) is 14.2 Å². The molecule has 3 N–H and O–H groups in total. The first-order chi connectivity index (χ1) is 17.0. The van der Waals surface area contributed by atoms with E-state index in [4.69, 9.17) is 14.2 Å². The number of hydrogen-bond donors (Lipinski definition) is 3. The van der Waals surface area contributed by atoms with Gasteiger partial charge in [-0.05, 0) is 17.8 Å². The molecule has 9 nitrogen and oxygen atoms in total. The van der Waals surface area contributed by atoms with Gasteiger partial charge in [-0.2, -0.15) is 0 Å². The maximum absolute atomic E-state index is 10.5. The van der Waals surface area contributed by atoms with Gasteiger partial charge in [0, 0.05) is 78.7 Å². The molecule has 3 unspecified atom stereocenters. The van der Waals surface area contributed by atoms with Gasteiger partial charge in [-0.3, -0.25) is 14.7 Å². The van der Waals surface area contributed by atoms with E-state index in [0.29, 0.717) is 77.0 Å². The van der Waals surface area contributed by atoms with Crippen LogP contribution in [0.1, 0.15) is 41.5 Å². The van der Waals surface area contributed by atoms with Crippen molar-refractivity contribution in [2.75, 3.05) is 98.5 Å². The molecule has 36 heavy (non-hydrogen) atoms. The standard InChI is InChI=1S/C27H57N3O6/c1-22(2)16-34-19-25(31)13-28-7-9-29(14-26(32)20-35-17-23(3)4)11-12-30(10-8-28)15-27(33)21-36-18-24(5)6/h22-27,31-33H,7-21H2,1-6H3. The van der Waals surface area contributed by atoms with Crippen molar-refractivity contribution in [1.82, 2.24) is 14.7 Å². The maximum atomic E-state index is 10.5. The SMILES string of the molecule is CC(C)COCC(O)CN1CCN(CC(O)COCC(C)C)CCN(CC(O)COCC(C)C)CC1. The van der Waals surface area contributed by atoms with Crippen LogP contribution in [0.3, 0.4) is 0 Å². The largest absolute Gasteiger partial charge is 0.389 e. The summed E-state index contributed by atoms with van der Waals surface area (Å²) in [6.45, 7) is 22.0. The van der Waals surface area contributed by atoms with E-state index in [-0.39, 0.29) is 0 Å². The van der Waals surface area contributed by atoms with Gasteiger partial charge in [0.05, 0.1) is 38.1 Å². The third-order valence-electron chi connectivity index (χ3n) is 5.89. The number of rotatable bonds is 18. The molecule has 0 spiro atoms. The van der Waals surface area contributed by atoms with Gasteiger partial charge < -0.3 is 29.5 Å². The van der Waals surface area contributed by atoms with Crippen LogP contribution in [0.2, 0.25) is 0 Å². The molecule has 0 amide bonds. The Labute approximate surface area is 220 Å². The van der Waals surface area contributed by atoms with Crippen molar-refractivity contribution in [3.05, 3.63) is 0 Å². The molecule has 1 rings (SSSR count). The molecule has 0 aliphatic carbocycles. The molecule has 0 aromatic rings. The topological polar surface area (TPSA) is 98.1 Å². The Morgan fingerprint density at radius 1 is 0.444 bits per heavy atom. The number of hydrogen-bond acceptors (Lipinski definition) is 9. The average molecular weight is 520 g/mol. The van der Waals surface area contributed by atoms with Crippen molar-refractivity contribution in [2.24, 2.45) is 17.8 Å². The fraction of sp³-hybridized carbons (Fsp3) is 1.00. The molecule has 216 valence electrons. The monoisotopic (exact) mass is 519 g/mol. The molecular formula is C27H57N3O6. The predicted molar refractivity (Wildman–Crippen MR) is 144 cm³/mol. The summed E-state index contributed by atoms with van der Waals surface area (Å²) in [4.78, 5) is 6.79. The normalized spacial score (nSPS) is 20.0. The van der Waals surface area contributed by atoms with Crippen LogP contribution in [0.15, 0.2) is 0 Å². The van der Waals surface area contributed by atoms with Gasteiger partial charge in [-0.1, -0.05) is 41.5 Å². The highest BCUT2D eigenvalue weighted by molar-refractivity contribution is 4.76. The number of aliphatic hydroxyl groups is 3. The third kappa shape index (κ3) is 18.0. The Kier molecular flexibility index (Phi) is 18.4. The summed E-state index contributed by atoms with van der Waals surface area (Å²) >= 11 is 0. The van der Waals surface area contributed by atoms with Crippen molar-refractivity contribution in [3.63, 3.8) is 0 Å². The van der Waals surface area contributed by atoms with Crippen LogP contribution in [0, 0.1) is 17.8 Å². The second kappa shape index (κ2) is 19.7. The smallest absolute Gasteiger partial charge is 0.0900 e. The molecule has 0 bridgehead atoms. The van der Waals surface area contributed by atoms with E-state index < -0.39 is 18.3 Å². The second-order valence-corrected chi connectivity index (χ2v) is 11.7. The highest BCUT2D eigenvalue weighted by Crippen LogP contribution is 2.06. The first kappa shape index (κ1) is 33.7. The van der Waals surface area contributed by atoms with E-state index in [2.05, 4.69) is 56.2 Å². The number of ether oxygens (including phenoxy) is 3. The molecular weight excluding hydrogens is 462 g/mol. The van der Waals surface area contributed by atoms with Crippen molar-refractivity contribution in [2.45, 2.75) is 59.9 Å². The molecule has 1 saturated heterocycles. The van der Waals surface area contributed by atoms with Crippen molar-refractivity contribution in [1.29, 1.82) is 0 Å². The zero-order valence-electron chi connectivity index (χ0n) is 24.0. The first-order valence-corrected chi connectivity index (χ1v) is 14.0. The van der Waals surface area contributed by atoms with Crippen LogP contribution in [0.5, 0.6) is 0 Å². The van der Waals surface area contributed by atoms with Gasteiger partial charge in [-0.15, -0.1) is 0 Å². The van der Waals surface area contributed by atoms with E-state index in [9.17, 15) is 15.3 Å². The zero-order chi connectivity index (χ0) is 26.9. The summed E-state index contributed by atoms with van der Waals surface area (Å²) in [6.07, 6.45) is -1.63. The van der Waals surface area contributed by atoms with Gasteiger partial charge in [0.25, 0.3) is 0 Å². The Morgan fingerprint density at radius 2 is 0.667 bits per heavy atom. The lowest BCUT2D eigenvalue weighted by Crippen LogP contribution is -2.43. The maximum Gasteiger partial charge on any atom is 0.0900 e. The Balaban J connectivity index is 2.68. The molecule has 3 atom stereocenters. The quantitative estimate of drug-likeness (QED) is 0.245. The lowest BCUT2D eigenvalue weighted by Gasteiger charge is -2.28. The number of aliphatic hydroxyl groups excluding tert-OH is 3. The molecule has 0 aromatic carbocycles. The summed E-state index contributed by atoms with van der Waals surface area (Å²) in [7, 11) is 0. The molecule has 0 saturated carbocycles. The average Bonchev–Trinajstić information content (AvgIpc) is 2.85. The fourth-order valence-corrected chi connectivity index (χ4v) is 4.10. The second-order valence-electron chi connectivity index (χ2n) is 11.7. The Hall–Kier alpha value is -0.360. The molecule has 9 heteroatoms. The summed E-state index contributed by atoms with van der Waals surface area (Å²) in [5, 5.41) is 31.6. The summed E-state index contributed by atoms with van der Waals surface area (Å²) in [6, 6.07) is 0. The van der Waals surface area contributed by atoms with Crippen LogP contribution in [-0.4, -0.2) is 147 Å². The van der Waals surface area contributed by atoms with Gasteiger partial charge in [0.1, 0.15) is 0 Å². The molecule has 1 aliphatic heterocycles. The fourth-order valence-electron chi connectivity index (χ4n) is 4.10. The lowest BCUT2D eigenvalue weighted by molar-refractivity contribution is 0.00102. The van der Waals surface area contributed by atoms with Crippen molar-refractivity contribution < 1.29 is 29.5 Å². The van der Waals surface area contributed by atoms with Gasteiger partial charge in [-0.25, -0.2) is 0 Å². The molecule has 0 radical (unpaired) electrons. The van der Waals surface area contributed by atoms with E-state index in [1.165, 1.54) is 0 Å².